The maximum atomic E-state index is 10.7. The highest BCUT2D eigenvalue weighted by Gasteiger charge is 2.13. The van der Waals surface area contributed by atoms with Crippen molar-refractivity contribution >= 4 is 5.97 Å². The van der Waals surface area contributed by atoms with Gasteiger partial charge in [0, 0.05) is 0 Å². The molecule has 0 bridgehead atoms. The highest BCUT2D eigenvalue weighted by Crippen LogP contribution is 2.28. The van der Waals surface area contributed by atoms with Crippen LogP contribution in [0.3, 0.4) is 0 Å². The number of carboxylic acids is 1. The van der Waals surface area contributed by atoms with Crippen LogP contribution in [-0.2, 0) is 11.2 Å². The lowest BCUT2D eigenvalue weighted by Crippen LogP contribution is -2.32. The van der Waals surface area contributed by atoms with Crippen LogP contribution in [0.5, 0.6) is 11.5 Å². The third kappa shape index (κ3) is 3.64. The third-order valence-electron chi connectivity index (χ3n) is 2.30. The maximum Gasteiger partial charge on any atom is 0.320 e. The normalized spacial score (nSPS) is 11.9. The molecule has 1 rings (SSSR count). The molecule has 1 aromatic rings. The monoisotopic (exact) mass is 239 g/mol. The number of hydrogen-bond donors (Lipinski definition) is 2. The predicted molar refractivity (Wildman–Crippen MR) is 63.5 cm³/mol. The molecule has 1 aromatic carbocycles. The van der Waals surface area contributed by atoms with Gasteiger partial charge in [-0.05, 0) is 31.0 Å². The number of aliphatic carboxylic acids is 1. The Morgan fingerprint density at radius 3 is 2.71 bits per heavy atom. The van der Waals surface area contributed by atoms with Crippen molar-refractivity contribution in [3.63, 3.8) is 0 Å². The van der Waals surface area contributed by atoms with Gasteiger partial charge in [0.25, 0.3) is 0 Å². The van der Waals surface area contributed by atoms with E-state index in [0.29, 0.717) is 18.1 Å². The van der Waals surface area contributed by atoms with Crippen LogP contribution in [0.2, 0.25) is 0 Å². The average molecular weight is 239 g/mol. The minimum atomic E-state index is -1.02. The number of rotatable bonds is 6. The van der Waals surface area contributed by atoms with Gasteiger partial charge in [-0.2, -0.15) is 0 Å². The second-order valence-corrected chi connectivity index (χ2v) is 3.57. The van der Waals surface area contributed by atoms with Crippen molar-refractivity contribution in [1.82, 2.24) is 0 Å². The zero-order chi connectivity index (χ0) is 12.8. The first-order chi connectivity index (χ1) is 8.08. The molecule has 0 aliphatic rings. The van der Waals surface area contributed by atoms with E-state index in [9.17, 15) is 4.79 Å². The third-order valence-corrected chi connectivity index (χ3v) is 2.30. The van der Waals surface area contributed by atoms with Gasteiger partial charge in [0.1, 0.15) is 6.04 Å². The van der Waals surface area contributed by atoms with E-state index >= 15 is 0 Å². The Hall–Kier alpha value is -1.75. The van der Waals surface area contributed by atoms with Gasteiger partial charge in [-0.25, -0.2) is 0 Å². The number of carbonyl (C=O) groups is 1. The summed E-state index contributed by atoms with van der Waals surface area (Å²) in [5.41, 5.74) is 6.28. The lowest BCUT2D eigenvalue weighted by Gasteiger charge is -2.12. The molecule has 0 aromatic heterocycles. The minimum Gasteiger partial charge on any atom is -0.493 e. The lowest BCUT2D eigenvalue weighted by molar-refractivity contribution is -0.138. The molecule has 0 heterocycles. The van der Waals surface area contributed by atoms with E-state index in [1.807, 2.05) is 6.92 Å². The van der Waals surface area contributed by atoms with Crippen molar-refractivity contribution in [2.24, 2.45) is 5.73 Å². The van der Waals surface area contributed by atoms with Crippen molar-refractivity contribution < 1.29 is 19.4 Å². The lowest BCUT2D eigenvalue weighted by atomic mass is 10.1. The molecule has 1 atom stereocenters. The molecule has 0 fully saturated rings. The van der Waals surface area contributed by atoms with Gasteiger partial charge in [-0.1, -0.05) is 6.07 Å². The van der Waals surface area contributed by atoms with Gasteiger partial charge in [0.05, 0.1) is 13.7 Å². The smallest absolute Gasteiger partial charge is 0.320 e. The molecule has 0 saturated heterocycles. The van der Waals surface area contributed by atoms with E-state index in [-0.39, 0.29) is 6.42 Å². The first-order valence-electron chi connectivity index (χ1n) is 5.36. The van der Waals surface area contributed by atoms with Crippen LogP contribution in [0, 0.1) is 0 Å². The quantitative estimate of drug-likeness (QED) is 0.775. The molecule has 0 saturated carbocycles. The predicted octanol–water partition coefficient (Wildman–Crippen LogP) is 1.05. The van der Waals surface area contributed by atoms with Gasteiger partial charge in [0.2, 0.25) is 0 Å². The van der Waals surface area contributed by atoms with Crippen LogP contribution < -0.4 is 15.2 Å². The fraction of sp³-hybridized carbons (Fsp3) is 0.417. The SMILES string of the molecule is CCOc1cc(C[C@H](N)C(=O)O)ccc1OC. The van der Waals surface area contributed by atoms with E-state index in [0.717, 1.165) is 5.56 Å². The van der Waals surface area contributed by atoms with Gasteiger partial charge in [-0.15, -0.1) is 0 Å². The van der Waals surface area contributed by atoms with Gasteiger partial charge < -0.3 is 20.3 Å². The summed E-state index contributed by atoms with van der Waals surface area (Å²) in [5, 5.41) is 8.74. The van der Waals surface area contributed by atoms with Gasteiger partial charge in [0.15, 0.2) is 11.5 Å². The van der Waals surface area contributed by atoms with E-state index in [1.54, 1.807) is 25.3 Å². The molecule has 0 amide bonds. The first-order valence-corrected chi connectivity index (χ1v) is 5.36. The topological polar surface area (TPSA) is 81.8 Å². The zero-order valence-electron chi connectivity index (χ0n) is 9.97. The number of ether oxygens (including phenoxy) is 2. The summed E-state index contributed by atoms with van der Waals surface area (Å²) in [5.74, 6) is 0.211. The number of methoxy groups -OCH3 is 1. The van der Waals surface area contributed by atoms with Crippen LogP contribution in [0.15, 0.2) is 18.2 Å². The Bertz CT molecular complexity index is 392. The number of nitrogens with two attached hydrogens (primary N) is 1. The van der Waals surface area contributed by atoms with Crippen molar-refractivity contribution in [3.8, 4) is 11.5 Å². The standard InChI is InChI=1S/C12H17NO4/c1-3-17-11-7-8(4-5-10(11)16-2)6-9(13)12(14)15/h4-5,7,9H,3,6,13H2,1-2H3,(H,14,15)/t9-/m0/s1. The maximum absolute atomic E-state index is 10.7. The molecule has 0 aliphatic carbocycles. The Balaban J connectivity index is 2.87. The summed E-state index contributed by atoms with van der Waals surface area (Å²) < 4.78 is 10.5. The number of hydrogen-bond acceptors (Lipinski definition) is 4. The molecule has 0 spiro atoms. The summed E-state index contributed by atoms with van der Waals surface area (Å²) in [4.78, 5) is 10.7. The molecule has 0 aliphatic heterocycles. The van der Waals surface area contributed by atoms with Gasteiger partial charge >= 0.3 is 5.97 Å². The highest BCUT2D eigenvalue weighted by atomic mass is 16.5. The van der Waals surface area contributed by atoms with Crippen LogP contribution in [0.1, 0.15) is 12.5 Å². The molecule has 5 nitrogen and oxygen atoms in total. The Labute approximate surface area is 100 Å². The zero-order valence-corrected chi connectivity index (χ0v) is 9.97. The Kier molecular flexibility index (Phi) is 4.78. The molecule has 3 N–H and O–H groups in total. The highest BCUT2D eigenvalue weighted by molar-refractivity contribution is 5.73. The van der Waals surface area contributed by atoms with E-state index in [1.165, 1.54) is 0 Å². The van der Waals surface area contributed by atoms with E-state index < -0.39 is 12.0 Å². The number of benzene rings is 1. The van der Waals surface area contributed by atoms with Crippen molar-refractivity contribution in [2.75, 3.05) is 13.7 Å². The molecule has 17 heavy (non-hydrogen) atoms. The Morgan fingerprint density at radius 1 is 1.47 bits per heavy atom. The molecule has 94 valence electrons. The fourth-order valence-corrected chi connectivity index (χ4v) is 1.46. The summed E-state index contributed by atoms with van der Waals surface area (Å²) in [6, 6.07) is 4.38. The van der Waals surface area contributed by atoms with Gasteiger partial charge in [-0.3, -0.25) is 4.79 Å². The summed E-state index contributed by atoms with van der Waals surface area (Å²) in [6.45, 7) is 2.39. The average Bonchev–Trinajstić information content (AvgIpc) is 2.29. The van der Waals surface area contributed by atoms with Crippen LogP contribution >= 0.6 is 0 Å². The van der Waals surface area contributed by atoms with Crippen molar-refractivity contribution in [1.29, 1.82) is 0 Å². The minimum absolute atomic E-state index is 0.263. The summed E-state index contributed by atoms with van der Waals surface area (Å²) in [7, 11) is 1.56. The molecule has 0 radical (unpaired) electrons. The Morgan fingerprint density at radius 2 is 2.18 bits per heavy atom. The molecule has 0 unspecified atom stereocenters. The molecule has 5 heteroatoms. The van der Waals surface area contributed by atoms with Crippen LogP contribution in [0.25, 0.3) is 0 Å². The van der Waals surface area contributed by atoms with E-state index in [4.69, 9.17) is 20.3 Å². The fourth-order valence-electron chi connectivity index (χ4n) is 1.46. The van der Waals surface area contributed by atoms with Crippen LogP contribution in [0.4, 0.5) is 0 Å². The first kappa shape index (κ1) is 13.3. The molecular weight excluding hydrogens is 222 g/mol. The molecular formula is C12H17NO4. The van der Waals surface area contributed by atoms with E-state index in [2.05, 4.69) is 0 Å². The van der Waals surface area contributed by atoms with Crippen molar-refractivity contribution in [2.45, 2.75) is 19.4 Å². The largest absolute Gasteiger partial charge is 0.493 e. The second-order valence-electron chi connectivity index (χ2n) is 3.57. The second kappa shape index (κ2) is 6.10. The number of carboxylic acid groups (broad SMARTS) is 1. The summed E-state index contributed by atoms with van der Waals surface area (Å²) >= 11 is 0. The summed E-state index contributed by atoms with van der Waals surface area (Å²) in [6.07, 6.45) is 0.263. The van der Waals surface area contributed by atoms with Crippen molar-refractivity contribution in [3.05, 3.63) is 23.8 Å². The van der Waals surface area contributed by atoms with Crippen LogP contribution in [-0.4, -0.2) is 30.8 Å².